The number of aromatic nitrogens is 1. The number of carbonyl (C=O) groups excluding carboxylic acids is 2. The van der Waals surface area contributed by atoms with Crippen LogP contribution in [0.15, 0.2) is 34.9 Å². The number of amides is 2. The number of ether oxygens (including phenoxy) is 1. The van der Waals surface area contributed by atoms with Gasteiger partial charge in [0.1, 0.15) is 17.6 Å². The van der Waals surface area contributed by atoms with Gasteiger partial charge < -0.3 is 19.9 Å². The van der Waals surface area contributed by atoms with Crippen molar-refractivity contribution in [2.24, 2.45) is 0 Å². The number of methoxy groups -OCH3 is 1. The minimum atomic E-state index is -0.662. The van der Waals surface area contributed by atoms with Crippen LogP contribution in [0.5, 0.6) is 5.75 Å². The number of carbonyl (C=O) groups is 2. The molecule has 1 aromatic carbocycles. The summed E-state index contributed by atoms with van der Waals surface area (Å²) in [7, 11) is 1.61. The van der Waals surface area contributed by atoms with Gasteiger partial charge in [0.15, 0.2) is 5.82 Å². The fourth-order valence-electron chi connectivity index (χ4n) is 2.09. The van der Waals surface area contributed by atoms with E-state index in [9.17, 15) is 9.59 Å². The highest BCUT2D eigenvalue weighted by Crippen LogP contribution is 2.12. The van der Waals surface area contributed by atoms with Gasteiger partial charge in [-0.25, -0.2) is 0 Å². The Bertz CT molecular complexity index is 694. The molecular formula is C17H21N3O4. The second-order valence-electron chi connectivity index (χ2n) is 5.45. The fraction of sp³-hybridized carbons (Fsp3) is 0.353. The molecule has 1 aromatic heterocycles. The average molecular weight is 331 g/mol. The molecule has 0 saturated heterocycles. The summed E-state index contributed by atoms with van der Waals surface area (Å²) in [5, 5.41) is 8.92. The van der Waals surface area contributed by atoms with E-state index in [1.54, 1.807) is 27.0 Å². The lowest BCUT2D eigenvalue weighted by Gasteiger charge is -2.13. The van der Waals surface area contributed by atoms with E-state index < -0.39 is 6.04 Å². The third kappa shape index (κ3) is 5.12. The van der Waals surface area contributed by atoms with E-state index in [0.717, 1.165) is 11.3 Å². The SMILES string of the molecule is COc1ccc(CCC(=O)N[C@@H](C)C(=O)Nc2cc(C)on2)cc1. The topological polar surface area (TPSA) is 93.5 Å². The van der Waals surface area contributed by atoms with E-state index in [-0.39, 0.29) is 11.8 Å². The van der Waals surface area contributed by atoms with Crippen LogP contribution in [0.25, 0.3) is 0 Å². The monoisotopic (exact) mass is 331 g/mol. The molecule has 7 nitrogen and oxygen atoms in total. The zero-order chi connectivity index (χ0) is 17.5. The Balaban J connectivity index is 1.77. The molecule has 2 rings (SSSR count). The first kappa shape index (κ1) is 17.5. The third-order valence-corrected chi connectivity index (χ3v) is 3.45. The highest BCUT2D eigenvalue weighted by Gasteiger charge is 2.16. The van der Waals surface area contributed by atoms with Gasteiger partial charge in [0.2, 0.25) is 11.8 Å². The summed E-state index contributed by atoms with van der Waals surface area (Å²) in [6, 6.07) is 8.47. The molecule has 128 valence electrons. The molecule has 0 aliphatic carbocycles. The Hall–Kier alpha value is -2.83. The van der Waals surface area contributed by atoms with E-state index in [0.29, 0.717) is 24.4 Å². The Morgan fingerprint density at radius 3 is 2.58 bits per heavy atom. The van der Waals surface area contributed by atoms with E-state index >= 15 is 0 Å². The van der Waals surface area contributed by atoms with Crippen molar-refractivity contribution >= 4 is 17.6 Å². The summed E-state index contributed by atoms with van der Waals surface area (Å²) in [6.45, 7) is 3.35. The Morgan fingerprint density at radius 2 is 2.00 bits per heavy atom. The summed E-state index contributed by atoms with van der Waals surface area (Å²) in [5.41, 5.74) is 1.03. The lowest BCUT2D eigenvalue weighted by Crippen LogP contribution is -2.41. The molecule has 0 fully saturated rings. The molecule has 2 N–H and O–H groups in total. The van der Waals surface area contributed by atoms with E-state index in [1.165, 1.54) is 0 Å². The molecule has 0 radical (unpaired) electrons. The van der Waals surface area contributed by atoms with Crippen LogP contribution in [0.3, 0.4) is 0 Å². The Morgan fingerprint density at radius 1 is 1.29 bits per heavy atom. The summed E-state index contributed by atoms with van der Waals surface area (Å²) in [5.74, 6) is 1.17. The average Bonchev–Trinajstić information content (AvgIpc) is 2.98. The number of aryl methyl sites for hydroxylation is 2. The van der Waals surface area contributed by atoms with Gasteiger partial charge in [-0.3, -0.25) is 9.59 Å². The zero-order valence-electron chi connectivity index (χ0n) is 14.0. The molecule has 0 aliphatic heterocycles. The predicted octanol–water partition coefficient (Wildman–Crippen LogP) is 2.07. The maximum atomic E-state index is 12.0. The molecule has 24 heavy (non-hydrogen) atoms. The number of nitrogens with zero attached hydrogens (tertiary/aromatic N) is 1. The van der Waals surface area contributed by atoms with Crippen LogP contribution in [0.2, 0.25) is 0 Å². The van der Waals surface area contributed by atoms with Crippen molar-refractivity contribution in [2.45, 2.75) is 32.7 Å². The van der Waals surface area contributed by atoms with Gasteiger partial charge in [0.05, 0.1) is 7.11 Å². The van der Waals surface area contributed by atoms with Crippen molar-refractivity contribution in [1.82, 2.24) is 10.5 Å². The summed E-state index contributed by atoms with van der Waals surface area (Å²) >= 11 is 0. The summed E-state index contributed by atoms with van der Waals surface area (Å²) in [6.07, 6.45) is 0.889. The molecule has 1 heterocycles. The number of rotatable bonds is 7. The van der Waals surface area contributed by atoms with Gasteiger partial charge >= 0.3 is 0 Å². The van der Waals surface area contributed by atoms with Gasteiger partial charge in [-0.15, -0.1) is 0 Å². The third-order valence-electron chi connectivity index (χ3n) is 3.45. The van der Waals surface area contributed by atoms with Gasteiger partial charge in [0, 0.05) is 12.5 Å². The van der Waals surface area contributed by atoms with Gasteiger partial charge in [-0.1, -0.05) is 17.3 Å². The smallest absolute Gasteiger partial charge is 0.247 e. The van der Waals surface area contributed by atoms with E-state index in [1.807, 2.05) is 24.3 Å². The van der Waals surface area contributed by atoms with Gasteiger partial charge in [-0.05, 0) is 38.0 Å². The zero-order valence-corrected chi connectivity index (χ0v) is 14.0. The first-order valence-corrected chi connectivity index (χ1v) is 7.64. The number of benzene rings is 1. The van der Waals surface area contributed by atoms with Gasteiger partial charge in [0.25, 0.3) is 0 Å². The van der Waals surface area contributed by atoms with Gasteiger partial charge in [-0.2, -0.15) is 0 Å². The maximum absolute atomic E-state index is 12.0. The second-order valence-corrected chi connectivity index (χ2v) is 5.45. The normalized spacial score (nSPS) is 11.6. The molecule has 0 saturated carbocycles. The summed E-state index contributed by atoms with van der Waals surface area (Å²) in [4.78, 5) is 23.9. The van der Waals surface area contributed by atoms with Crippen LogP contribution in [-0.4, -0.2) is 30.1 Å². The highest BCUT2D eigenvalue weighted by atomic mass is 16.5. The predicted molar refractivity (Wildman–Crippen MR) is 88.8 cm³/mol. The molecule has 2 aromatic rings. The second kappa shape index (κ2) is 8.14. The van der Waals surface area contributed by atoms with Crippen molar-refractivity contribution in [3.63, 3.8) is 0 Å². The molecule has 0 bridgehead atoms. The molecule has 1 atom stereocenters. The number of nitrogens with one attached hydrogen (secondary N) is 2. The van der Waals surface area contributed by atoms with Crippen molar-refractivity contribution in [2.75, 3.05) is 12.4 Å². The molecule has 0 spiro atoms. The lowest BCUT2D eigenvalue weighted by atomic mass is 10.1. The molecule has 7 heteroatoms. The molecule has 0 unspecified atom stereocenters. The first-order valence-electron chi connectivity index (χ1n) is 7.64. The van der Waals surface area contributed by atoms with Crippen molar-refractivity contribution in [3.8, 4) is 5.75 Å². The minimum absolute atomic E-state index is 0.190. The Kier molecular flexibility index (Phi) is 5.95. The quantitative estimate of drug-likeness (QED) is 0.810. The minimum Gasteiger partial charge on any atom is -0.497 e. The van der Waals surface area contributed by atoms with Crippen LogP contribution >= 0.6 is 0 Å². The standard InChI is InChI=1S/C17H21N3O4/c1-11-10-15(20-24-11)19-17(22)12(2)18-16(21)9-6-13-4-7-14(23-3)8-5-13/h4-5,7-8,10,12H,6,9H2,1-3H3,(H,18,21)(H,19,20,22)/t12-/m0/s1. The first-order chi connectivity index (χ1) is 11.5. The van der Waals surface area contributed by atoms with Crippen LogP contribution < -0.4 is 15.4 Å². The van der Waals surface area contributed by atoms with Crippen LogP contribution in [0.1, 0.15) is 24.7 Å². The number of anilines is 1. The molecule has 2 amide bonds. The molecular weight excluding hydrogens is 310 g/mol. The van der Waals surface area contributed by atoms with Crippen molar-refractivity contribution < 1.29 is 18.8 Å². The largest absolute Gasteiger partial charge is 0.497 e. The Labute approximate surface area is 140 Å². The maximum Gasteiger partial charge on any atom is 0.247 e. The lowest BCUT2D eigenvalue weighted by molar-refractivity contribution is -0.126. The van der Waals surface area contributed by atoms with Crippen molar-refractivity contribution in [3.05, 3.63) is 41.7 Å². The summed E-state index contributed by atoms with van der Waals surface area (Å²) < 4.78 is 9.96. The van der Waals surface area contributed by atoms with E-state index in [4.69, 9.17) is 9.26 Å². The van der Waals surface area contributed by atoms with Crippen LogP contribution in [0.4, 0.5) is 5.82 Å². The van der Waals surface area contributed by atoms with Crippen molar-refractivity contribution in [1.29, 1.82) is 0 Å². The van der Waals surface area contributed by atoms with E-state index in [2.05, 4.69) is 15.8 Å². The fourth-order valence-corrected chi connectivity index (χ4v) is 2.09. The molecule has 0 aliphatic rings. The number of hydrogen-bond donors (Lipinski definition) is 2. The van der Waals surface area contributed by atoms with Crippen LogP contribution in [0, 0.1) is 6.92 Å². The highest BCUT2D eigenvalue weighted by molar-refractivity contribution is 5.96. The number of hydrogen-bond acceptors (Lipinski definition) is 5. The van der Waals surface area contributed by atoms with Crippen LogP contribution in [-0.2, 0) is 16.0 Å².